The summed E-state index contributed by atoms with van der Waals surface area (Å²) in [4.78, 5) is 6.52. The monoisotopic (exact) mass is 252 g/mol. The van der Waals surface area contributed by atoms with Crippen LogP contribution in [0.5, 0.6) is 5.88 Å². The number of nitrogens with zero attached hydrogens (tertiary/aromatic N) is 2. The summed E-state index contributed by atoms with van der Waals surface area (Å²) in [6, 6.07) is 4.11. The summed E-state index contributed by atoms with van der Waals surface area (Å²) in [5.74, 6) is 1.28. The van der Waals surface area contributed by atoms with Crippen LogP contribution in [0.1, 0.15) is 20.8 Å². The number of nitrogens with one attached hydrogen (secondary N) is 1. The highest BCUT2D eigenvalue weighted by Crippen LogP contribution is 2.21. The topological polar surface area (TPSA) is 63.4 Å². The van der Waals surface area contributed by atoms with Gasteiger partial charge < -0.3 is 20.7 Å². The van der Waals surface area contributed by atoms with Crippen LogP contribution in [-0.4, -0.2) is 42.7 Å². The number of ether oxygens (including phenoxy) is 1. The fourth-order valence-electron chi connectivity index (χ4n) is 1.30. The average molecular weight is 252 g/mol. The van der Waals surface area contributed by atoms with Crippen molar-refractivity contribution in [3.8, 4) is 5.88 Å². The molecule has 3 N–H and O–H groups in total. The van der Waals surface area contributed by atoms with Crippen molar-refractivity contribution in [3.05, 3.63) is 12.1 Å². The summed E-state index contributed by atoms with van der Waals surface area (Å²) in [6.07, 6.45) is 0.0655. The average Bonchev–Trinajstić information content (AvgIpc) is 2.28. The van der Waals surface area contributed by atoms with Crippen molar-refractivity contribution in [1.82, 2.24) is 9.88 Å². The van der Waals surface area contributed by atoms with Crippen LogP contribution in [0.2, 0.25) is 0 Å². The number of hydrogen-bond donors (Lipinski definition) is 2. The molecule has 0 amide bonds. The maximum Gasteiger partial charge on any atom is 0.239 e. The second-order valence-corrected chi connectivity index (χ2v) is 4.95. The molecular formula is C13H24N4O. The molecule has 102 valence electrons. The zero-order valence-corrected chi connectivity index (χ0v) is 11.9. The largest absolute Gasteiger partial charge is 0.473 e. The predicted molar refractivity (Wildman–Crippen MR) is 76.1 cm³/mol. The van der Waals surface area contributed by atoms with Gasteiger partial charge in [-0.1, -0.05) is 0 Å². The van der Waals surface area contributed by atoms with Gasteiger partial charge in [0.1, 0.15) is 5.82 Å². The highest BCUT2D eigenvalue weighted by molar-refractivity contribution is 5.53. The van der Waals surface area contributed by atoms with Crippen molar-refractivity contribution in [2.75, 3.05) is 31.7 Å². The fourth-order valence-corrected chi connectivity index (χ4v) is 1.30. The summed E-state index contributed by atoms with van der Waals surface area (Å²) in [5, 5.41) is 3.28. The number of anilines is 2. The van der Waals surface area contributed by atoms with Gasteiger partial charge >= 0.3 is 0 Å². The molecule has 0 fully saturated rings. The minimum absolute atomic E-state index is 0.0655. The smallest absolute Gasteiger partial charge is 0.239 e. The Hall–Kier alpha value is -1.49. The van der Waals surface area contributed by atoms with Gasteiger partial charge in [0.05, 0.1) is 11.8 Å². The molecule has 1 rings (SSSR count). The summed E-state index contributed by atoms with van der Waals surface area (Å²) in [6.45, 7) is 6.88. The third-order valence-electron chi connectivity index (χ3n) is 2.70. The summed E-state index contributed by atoms with van der Waals surface area (Å²) in [5.41, 5.74) is 6.38. The molecule has 5 heteroatoms. The van der Waals surface area contributed by atoms with Crippen LogP contribution >= 0.6 is 0 Å². The van der Waals surface area contributed by atoms with E-state index in [9.17, 15) is 0 Å². The Labute approximate surface area is 109 Å². The Morgan fingerprint density at radius 2 is 2.00 bits per heavy atom. The van der Waals surface area contributed by atoms with E-state index in [-0.39, 0.29) is 6.10 Å². The maximum absolute atomic E-state index is 5.82. The first-order chi connectivity index (χ1) is 8.40. The van der Waals surface area contributed by atoms with Crippen LogP contribution in [0.3, 0.4) is 0 Å². The van der Waals surface area contributed by atoms with Gasteiger partial charge in [0.2, 0.25) is 5.88 Å². The molecule has 0 bridgehead atoms. The Kier molecular flexibility index (Phi) is 5.22. The highest BCUT2D eigenvalue weighted by atomic mass is 16.5. The molecule has 0 saturated heterocycles. The Morgan fingerprint density at radius 3 is 2.56 bits per heavy atom. The lowest BCUT2D eigenvalue weighted by Gasteiger charge is -2.20. The summed E-state index contributed by atoms with van der Waals surface area (Å²) < 4.78 is 5.55. The van der Waals surface area contributed by atoms with E-state index in [1.807, 2.05) is 26.0 Å². The molecule has 0 spiro atoms. The van der Waals surface area contributed by atoms with E-state index < -0.39 is 0 Å². The molecule has 0 aliphatic carbocycles. The predicted octanol–water partition coefficient (Wildman–Crippen LogP) is 1.81. The van der Waals surface area contributed by atoms with Crippen LogP contribution in [0, 0.1) is 0 Å². The van der Waals surface area contributed by atoms with Crippen molar-refractivity contribution in [3.63, 3.8) is 0 Å². The molecule has 0 radical (unpaired) electrons. The molecule has 0 saturated carbocycles. The molecular weight excluding hydrogens is 228 g/mol. The molecule has 1 unspecified atom stereocenters. The molecule has 0 aliphatic heterocycles. The lowest BCUT2D eigenvalue weighted by atomic mass is 10.3. The third-order valence-corrected chi connectivity index (χ3v) is 2.70. The first-order valence-electron chi connectivity index (χ1n) is 6.23. The number of nitrogen functional groups attached to an aromatic ring is 1. The molecule has 1 aromatic rings. The van der Waals surface area contributed by atoms with Crippen LogP contribution in [-0.2, 0) is 0 Å². The van der Waals surface area contributed by atoms with E-state index >= 15 is 0 Å². The third kappa shape index (κ3) is 4.41. The Morgan fingerprint density at radius 1 is 1.33 bits per heavy atom. The lowest BCUT2D eigenvalue weighted by Crippen LogP contribution is -2.31. The molecule has 0 aromatic carbocycles. The van der Waals surface area contributed by atoms with Crippen molar-refractivity contribution in [1.29, 1.82) is 0 Å². The standard InChI is InChI=1S/C13H24N4O/c1-9(2)18-13-11(14)6-7-12(16-13)15-8-10(3)17(4)5/h6-7,9-10H,8,14H2,1-5H3,(H,15,16). The number of nitrogens with two attached hydrogens (primary N) is 1. The number of pyridine rings is 1. The van der Waals surface area contributed by atoms with Gasteiger partial charge in [-0.05, 0) is 47.0 Å². The zero-order valence-electron chi connectivity index (χ0n) is 11.9. The minimum atomic E-state index is 0.0655. The number of aromatic nitrogens is 1. The van der Waals surface area contributed by atoms with Gasteiger partial charge in [-0.25, -0.2) is 0 Å². The summed E-state index contributed by atoms with van der Waals surface area (Å²) in [7, 11) is 4.10. The summed E-state index contributed by atoms with van der Waals surface area (Å²) >= 11 is 0. The van der Waals surface area contributed by atoms with Gasteiger partial charge in [-0.3, -0.25) is 0 Å². The quantitative estimate of drug-likeness (QED) is 0.808. The SMILES string of the molecule is CC(C)Oc1nc(NCC(C)N(C)C)ccc1N. The Balaban J connectivity index is 2.67. The zero-order chi connectivity index (χ0) is 13.7. The van der Waals surface area contributed by atoms with Crippen molar-refractivity contribution < 1.29 is 4.74 Å². The fraction of sp³-hybridized carbons (Fsp3) is 0.615. The normalized spacial score (nSPS) is 12.8. The van der Waals surface area contributed by atoms with Gasteiger partial charge in [0, 0.05) is 12.6 Å². The van der Waals surface area contributed by atoms with E-state index in [0.717, 1.165) is 12.4 Å². The van der Waals surface area contributed by atoms with E-state index in [0.29, 0.717) is 17.6 Å². The molecule has 18 heavy (non-hydrogen) atoms. The van der Waals surface area contributed by atoms with Crippen molar-refractivity contribution in [2.45, 2.75) is 32.9 Å². The first-order valence-corrected chi connectivity index (χ1v) is 6.23. The van der Waals surface area contributed by atoms with Gasteiger partial charge in [-0.2, -0.15) is 4.98 Å². The van der Waals surface area contributed by atoms with Gasteiger partial charge in [0.25, 0.3) is 0 Å². The number of hydrogen-bond acceptors (Lipinski definition) is 5. The van der Waals surface area contributed by atoms with Crippen LogP contribution in [0.4, 0.5) is 11.5 Å². The van der Waals surface area contributed by atoms with Crippen molar-refractivity contribution in [2.24, 2.45) is 0 Å². The molecule has 0 aliphatic rings. The maximum atomic E-state index is 5.82. The van der Waals surface area contributed by atoms with Crippen LogP contribution in [0.25, 0.3) is 0 Å². The molecule has 1 heterocycles. The van der Waals surface area contributed by atoms with Crippen LogP contribution < -0.4 is 15.8 Å². The Bertz CT molecular complexity index is 379. The first kappa shape index (κ1) is 14.6. The van der Waals surface area contributed by atoms with Gasteiger partial charge in [0.15, 0.2) is 0 Å². The van der Waals surface area contributed by atoms with Crippen molar-refractivity contribution >= 4 is 11.5 Å². The second kappa shape index (κ2) is 6.44. The number of rotatable bonds is 6. The highest BCUT2D eigenvalue weighted by Gasteiger charge is 2.08. The minimum Gasteiger partial charge on any atom is -0.473 e. The van der Waals surface area contributed by atoms with Crippen LogP contribution in [0.15, 0.2) is 12.1 Å². The van der Waals surface area contributed by atoms with Gasteiger partial charge in [-0.15, -0.1) is 0 Å². The van der Waals surface area contributed by atoms with E-state index in [1.165, 1.54) is 0 Å². The molecule has 5 nitrogen and oxygen atoms in total. The molecule has 1 atom stereocenters. The number of likely N-dealkylation sites (N-methyl/N-ethyl adjacent to an activating group) is 1. The second-order valence-electron chi connectivity index (χ2n) is 4.95. The molecule has 1 aromatic heterocycles. The van der Waals surface area contributed by atoms with E-state index in [1.54, 1.807) is 0 Å². The van der Waals surface area contributed by atoms with E-state index in [2.05, 4.69) is 36.2 Å². The lowest BCUT2D eigenvalue weighted by molar-refractivity contribution is 0.234. The van der Waals surface area contributed by atoms with E-state index in [4.69, 9.17) is 10.5 Å².